The smallest absolute Gasteiger partial charge is 0.228 e. The summed E-state index contributed by atoms with van der Waals surface area (Å²) in [5.41, 5.74) is 0.767. The Kier molecular flexibility index (Phi) is 7.54. The van der Waals surface area contributed by atoms with Crippen LogP contribution in [0.3, 0.4) is 0 Å². The molecule has 0 aliphatic carbocycles. The van der Waals surface area contributed by atoms with Crippen LogP contribution in [-0.4, -0.2) is 25.6 Å². The van der Waals surface area contributed by atoms with Crippen LogP contribution in [0.1, 0.15) is 26.7 Å². The van der Waals surface area contributed by atoms with E-state index in [1.807, 2.05) is 24.3 Å². The van der Waals surface area contributed by atoms with Gasteiger partial charge in [0.1, 0.15) is 5.75 Å². The van der Waals surface area contributed by atoms with E-state index in [9.17, 15) is 4.79 Å². The van der Waals surface area contributed by atoms with Gasteiger partial charge >= 0.3 is 0 Å². The maximum Gasteiger partial charge on any atom is 0.228 e. The largest absolute Gasteiger partial charge is 0.491 e. The Balaban J connectivity index is 0.00000220. The van der Waals surface area contributed by atoms with Crippen molar-refractivity contribution in [2.75, 3.05) is 25.0 Å². The van der Waals surface area contributed by atoms with Gasteiger partial charge in [0.2, 0.25) is 5.91 Å². The molecule has 21 heavy (non-hydrogen) atoms. The Labute approximate surface area is 133 Å². The third-order valence-electron chi connectivity index (χ3n) is 3.38. The van der Waals surface area contributed by atoms with Crippen molar-refractivity contribution >= 4 is 24.0 Å². The molecule has 1 aliphatic rings. The van der Waals surface area contributed by atoms with Crippen molar-refractivity contribution in [2.24, 2.45) is 11.8 Å². The first-order valence-corrected chi connectivity index (χ1v) is 7.40. The summed E-state index contributed by atoms with van der Waals surface area (Å²) in [6.45, 7) is 6.64. The van der Waals surface area contributed by atoms with Crippen LogP contribution in [0.5, 0.6) is 5.75 Å². The first-order valence-electron chi connectivity index (χ1n) is 7.40. The van der Waals surface area contributed by atoms with Gasteiger partial charge in [-0.2, -0.15) is 0 Å². The van der Waals surface area contributed by atoms with E-state index >= 15 is 0 Å². The predicted octanol–water partition coefficient (Wildman–Crippen LogP) is 3.08. The summed E-state index contributed by atoms with van der Waals surface area (Å²) in [4.78, 5) is 12.3. The van der Waals surface area contributed by atoms with Gasteiger partial charge in [0.15, 0.2) is 0 Å². The lowest BCUT2D eigenvalue weighted by molar-refractivity contribution is -0.120. The fourth-order valence-electron chi connectivity index (χ4n) is 2.26. The minimum atomic E-state index is 0. The van der Waals surface area contributed by atoms with Crippen molar-refractivity contribution in [3.8, 4) is 5.75 Å². The lowest BCUT2D eigenvalue weighted by Gasteiger charge is -2.22. The van der Waals surface area contributed by atoms with Gasteiger partial charge in [-0.1, -0.05) is 26.0 Å². The van der Waals surface area contributed by atoms with Crippen LogP contribution in [0, 0.1) is 11.8 Å². The zero-order chi connectivity index (χ0) is 14.4. The quantitative estimate of drug-likeness (QED) is 0.878. The molecule has 5 heteroatoms. The van der Waals surface area contributed by atoms with Crippen molar-refractivity contribution in [2.45, 2.75) is 26.7 Å². The number of amides is 1. The molecule has 2 N–H and O–H groups in total. The minimum absolute atomic E-state index is 0. The molecule has 1 amide bonds. The first kappa shape index (κ1) is 17.8. The third kappa shape index (κ3) is 5.56. The molecule has 1 fully saturated rings. The number of carbonyl (C=O) groups excluding carboxylic acids is 1. The number of hydrogen-bond donors (Lipinski definition) is 2. The highest BCUT2D eigenvalue weighted by atomic mass is 35.5. The summed E-state index contributed by atoms with van der Waals surface area (Å²) in [6.07, 6.45) is 2.01. The van der Waals surface area contributed by atoms with Gasteiger partial charge in [-0.25, -0.2) is 0 Å². The average molecular weight is 313 g/mol. The molecule has 1 aromatic carbocycles. The Morgan fingerprint density at radius 3 is 2.86 bits per heavy atom. The Morgan fingerprint density at radius 1 is 1.43 bits per heavy atom. The minimum Gasteiger partial charge on any atom is -0.491 e. The van der Waals surface area contributed by atoms with Crippen molar-refractivity contribution in [3.63, 3.8) is 0 Å². The van der Waals surface area contributed by atoms with Crippen LogP contribution >= 0.6 is 12.4 Å². The average Bonchev–Trinajstić information content (AvgIpc) is 2.47. The summed E-state index contributed by atoms with van der Waals surface area (Å²) in [5.74, 6) is 1.35. The summed E-state index contributed by atoms with van der Waals surface area (Å²) in [5, 5.41) is 6.26. The number of halogens is 1. The maximum atomic E-state index is 12.3. The van der Waals surface area contributed by atoms with Crippen molar-refractivity contribution in [3.05, 3.63) is 24.3 Å². The zero-order valence-electron chi connectivity index (χ0n) is 12.7. The number of carbonyl (C=O) groups is 1. The molecule has 1 atom stereocenters. The fraction of sp³-hybridized carbons (Fsp3) is 0.562. The second-order valence-electron chi connectivity index (χ2n) is 5.73. The van der Waals surface area contributed by atoms with Crippen LogP contribution in [-0.2, 0) is 4.79 Å². The van der Waals surface area contributed by atoms with Crippen molar-refractivity contribution in [1.82, 2.24) is 5.32 Å². The number of rotatable bonds is 5. The zero-order valence-corrected chi connectivity index (χ0v) is 13.5. The summed E-state index contributed by atoms with van der Waals surface area (Å²) >= 11 is 0. The Bertz CT molecular complexity index is 446. The van der Waals surface area contributed by atoms with E-state index < -0.39 is 0 Å². The Morgan fingerprint density at radius 2 is 2.19 bits per heavy atom. The SMILES string of the molecule is CC(C)COc1ccccc1NC(=O)[C@@H]1CCCNC1.Cl. The van der Waals surface area contributed by atoms with Gasteiger partial charge in [0.05, 0.1) is 18.2 Å². The number of para-hydroxylation sites is 2. The van der Waals surface area contributed by atoms with E-state index in [1.165, 1.54) is 0 Å². The highest BCUT2D eigenvalue weighted by Gasteiger charge is 2.21. The summed E-state index contributed by atoms with van der Waals surface area (Å²) in [6, 6.07) is 7.63. The molecule has 1 aliphatic heterocycles. The molecule has 1 heterocycles. The van der Waals surface area contributed by atoms with Crippen molar-refractivity contribution in [1.29, 1.82) is 0 Å². The van der Waals surface area contributed by atoms with E-state index in [0.29, 0.717) is 12.5 Å². The molecule has 0 aromatic heterocycles. The number of benzene rings is 1. The normalized spacial score (nSPS) is 18.0. The monoisotopic (exact) mass is 312 g/mol. The standard InChI is InChI=1S/C16H24N2O2.ClH/c1-12(2)11-20-15-8-4-3-7-14(15)18-16(19)13-6-5-9-17-10-13;/h3-4,7-8,12-13,17H,5-6,9-11H2,1-2H3,(H,18,19);1H/t13-;/m1./s1. The Hall–Kier alpha value is -1.26. The van der Waals surface area contributed by atoms with E-state index in [0.717, 1.165) is 37.4 Å². The predicted molar refractivity (Wildman–Crippen MR) is 88.2 cm³/mol. The molecule has 1 saturated heterocycles. The van der Waals surface area contributed by atoms with Crippen molar-refractivity contribution < 1.29 is 9.53 Å². The topological polar surface area (TPSA) is 50.4 Å². The number of anilines is 1. The van der Waals surface area contributed by atoms with Gasteiger partial charge in [0, 0.05) is 6.54 Å². The number of nitrogens with one attached hydrogen (secondary N) is 2. The lowest BCUT2D eigenvalue weighted by atomic mass is 9.99. The van der Waals surface area contributed by atoms with Crippen LogP contribution in [0.2, 0.25) is 0 Å². The molecule has 0 bridgehead atoms. The van der Waals surface area contributed by atoms with Crippen LogP contribution < -0.4 is 15.4 Å². The van der Waals surface area contributed by atoms with Gasteiger partial charge in [-0.15, -0.1) is 12.4 Å². The van der Waals surface area contributed by atoms with Crippen LogP contribution in [0.25, 0.3) is 0 Å². The second-order valence-corrected chi connectivity index (χ2v) is 5.73. The molecule has 118 valence electrons. The molecule has 0 radical (unpaired) electrons. The van der Waals surface area contributed by atoms with Gasteiger partial charge in [-0.3, -0.25) is 4.79 Å². The number of ether oxygens (including phenoxy) is 1. The summed E-state index contributed by atoms with van der Waals surface area (Å²) in [7, 11) is 0. The summed E-state index contributed by atoms with van der Waals surface area (Å²) < 4.78 is 5.76. The molecule has 2 rings (SSSR count). The highest BCUT2D eigenvalue weighted by molar-refractivity contribution is 5.94. The molecule has 1 aromatic rings. The third-order valence-corrected chi connectivity index (χ3v) is 3.38. The molecular formula is C16H25ClN2O2. The van der Waals surface area contributed by atoms with E-state index in [2.05, 4.69) is 24.5 Å². The van der Waals surface area contributed by atoms with Gasteiger partial charge in [0.25, 0.3) is 0 Å². The molecule has 0 unspecified atom stereocenters. The van der Waals surface area contributed by atoms with E-state index in [-0.39, 0.29) is 24.2 Å². The van der Waals surface area contributed by atoms with Gasteiger partial charge in [-0.05, 0) is 37.4 Å². The molecule has 0 saturated carbocycles. The van der Waals surface area contributed by atoms with Crippen LogP contribution in [0.4, 0.5) is 5.69 Å². The van der Waals surface area contributed by atoms with E-state index in [4.69, 9.17) is 4.74 Å². The first-order chi connectivity index (χ1) is 9.66. The number of piperidine rings is 1. The fourth-order valence-corrected chi connectivity index (χ4v) is 2.26. The second kappa shape index (κ2) is 8.90. The van der Waals surface area contributed by atoms with Gasteiger partial charge < -0.3 is 15.4 Å². The number of hydrogen-bond acceptors (Lipinski definition) is 3. The lowest BCUT2D eigenvalue weighted by Crippen LogP contribution is -2.37. The van der Waals surface area contributed by atoms with Crippen LogP contribution in [0.15, 0.2) is 24.3 Å². The molecule has 0 spiro atoms. The molecule has 4 nitrogen and oxygen atoms in total. The van der Waals surface area contributed by atoms with E-state index in [1.54, 1.807) is 0 Å². The highest BCUT2D eigenvalue weighted by Crippen LogP contribution is 2.25. The maximum absolute atomic E-state index is 12.3. The molecular weight excluding hydrogens is 288 g/mol.